The summed E-state index contributed by atoms with van der Waals surface area (Å²) in [5.74, 6) is -1.32. The molecule has 0 radical (unpaired) electrons. The molecule has 0 saturated carbocycles. The predicted octanol–water partition coefficient (Wildman–Crippen LogP) is 1.30. The van der Waals surface area contributed by atoms with Crippen molar-refractivity contribution in [3.05, 3.63) is 23.6 Å². The molecular formula is C15H17FN4O4. The fourth-order valence-electron chi connectivity index (χ4n) is 2.73. The number of halogens is 1. The topological polar surface area (TPSA) is 103 Å². The van der Waals surface area contributed by atoms with Gasteiger partial charge in [0, 0.05) is 25.2 Å². The Bertz CT molecular complexity index is 899. The molecule has 1 saturated heterocycles. The highest BCUT2D eigenvalue weighted by Gasteiger charge is 2.36. The summed E-state index contributed by atoms with van der Waals surface area (Å²) in [4.78, 5) is 28.2. The molecule has 2 heterocycles. The Hall–Kier alpha value is -2.84. The first-order valence-electron chi connectivity index (χ1n) is 7.38. The number of benzene rings is 1. The number of carbonyl (C=O) groups is 2. The van der Waals surface area contributed by atoms with Crippen molar-refractivity contribution in [3.8, 4) is 0 Å². The number of fused-ring (bicyclic) bond motifs is 1. The van der Waals surface area contributed by atoms with E-state index in [1.54, 1.807) is 11.6 Å². The van der Waals surface area contributed by atoms with Crippen molar-refractivity contribution in [2.24, 2.45) is 10.7 Å². The number of amides is 2. The lowest BCUT2D eigenvalue weighted by Crippen LogP contribution is -2.32. The van der Waals surface area contributed by atoms with Gasteiger partial charge < -0.3 is 14.9 Å². The summed E-state index contributed by atoms with van der Waals surface area (Å²) in [6, 6.07) is 2.64. The number of oxazole rings is 1. The van der Waals surface area contributed by atoms with E-state index in [9.17, 15) is 14.0 Å². The molecule has 1 aromatic heterocycles. The molecule has 9 heteroatoms. The molecule has 1 aliphatic rings. The van der Waals surface area contributed by atoms with Crippen LogP contribution in [0.1, 0.15) is 19.9 Å². The lowest BCUT2D eigenvalue weighted by atomic mass is 10.2. The van der Waals surface area contributed by atoms with Gasteiger partial charge in [-0.05, 0) is 13.8 Å². The van der Waals surface area contributed by atoms with Crippen LogP contribution in [0.3, 0.4) is 0 Å². The molecule has 0 unspecified atom stereocenters. The monoisotopic (exact) mass is 336 g/mol. The van der Waals surface area contributed by atoms with Crippen molar-refractivity contribution in [2.75, 3.05) is 18.5 Å². The van der Waals surface area contributed by atoms with Gasteiger partial charge in [-0.15, -0.1) is 0 Å². The molecule has 2 amide bonds. The van der Waals surface area contributed by atoms with Gasteiger partial charge in [-0.3, -0.25) is 14.3 Å². The van der Waals surface area contributed by atoms with Crippen LogP contribution in [-0.2, 0) is 9.53 Å². The third-order valence-corrected chi connectivity index (χ3v) is 3.81. The summed E-state index contributed by atoms with van der Waals surface area (Å²) in [6.07, 6.45) is -1.82. The van der Waals surface area contributed by atoms with Gasteiger partial charge in [-0.25, -0.2) is 14.2 Å². The minimum absolute atomic E-state index is 0.0682. The van der Waals surface area contributed by atoms with Gasteiger partial charge in [0.15, 0.2) is 17.5 Å². The zero-order valence-electron chi connectivity index (χ0n) is 13.4. The molecule has 8 nitrogen and oxygen atoms in total. The Balaban J connectivity index is 2.13. The quantitative estimate of drug-likeness (QED) is 0.912. The summed E-state index contributed by atoms with van der Waals surface area (Å²) < 4.78 is 26.7. The van der Waals surface area contributed by atoms with Gasteiger partial charge in [0.05, 0.1) is 12.2 Å². The van der Waals surface area contributed by atoms with Gasteiger partial charge in [-0.1, -0.05) is 0 Å². The number of anilines is 1. The van der Waals surface area contributed by atoms with Crippen molar-refractivity contribution in [2.45, 2.75) is 26.0 Å². The number of nitrogens with zero attached hydrogens (tertiary/aromatic N) is 3. The fraction of sp³-hybridized carbons (Fsp3) is 0.400. The third-order valence-electron chi connectivity index (χ3n) is 3.81. The molecule has 3 rings (SSSR count). The van der Waals surface area contributed by atoms with Crippen LogP contribution in [-0.4, -0.2) is 36.3 Å². The summed E-state index contributed by atoms with van der Waals surface area (Å²) in [5, 5.41) is 0. The maximum Gasteiger partial charge on any atom is 0.415 e. The van der Waals surface area contributed by atoms with E-state index in [1.807, 2.05) is 13.8 Å². The number of nitrogens with two attached hydrogens (primary N) is 1. The molecule has 128 valence electrons. The largest absolute Gasteiger partial charge is 0.434 e. The fourth-order valence-corrected chi connectivity index (χ4v) is 2.73. The minimum atomic E-state index is -1.06. The molecule has 2 aromatic rings. The summed E-state index contributed by atoms with van der Waals surface area (Å²) in [5.41, 5.74) is 6.14. The van der Waals surface area contributed by atoms with Crippen molar-refractivity contribution >= 4 is 28.8 Å². The van der Waals surface area contributed by atoms with Crippen LogP contribution >= 0.6 is 0 Å². The highest BCUT2D eigenvalue weighted by molar-refractivity contribution is 5.96. The molecule has 1 atom stereocenters. The number of carbonyl (C=O) groups excluding carboxylic acids is 2. The second-order valence-electron chi connectivity index (χ2n) is 5.73. The second-order valence-corrected chi connectivity index (χ2v) is 5.73. The highest BCUT2D eigenvalue weighted by atomic mass is 19.1. The molecule has 1 aliphatic heterocycles. The number of primary amides is 1. The predicted molar refractivity (Wildman–Crippen MR) is 82.8 cm³/mol. The zero-order valence-corrected chi connectivity index (χ0v) is 13.4. The van der Waals surface area contributed by atoms with Crippen LogP contribution in [0.4, 0.5) is 14.9 Å². The van der Waals surface area contributed by atoms with Gasteiger partial charge in [0.2, 0.25) is 0 Å². The normalized spacial score (nSPS) is 18.7. The standard InChI is InChI=1S/C15H17FN4O4/c1-7(2)20-12-9(16)4-8(5-10(12)23-14(20)18-3)19-6-11(13(17)21)24-15(19)22/h4-5,7,11H,6H2,1-3H3,(H2,17,21)/b18-14+/t11-/m1/s1. The van der Waals surface area contributed by atoms with E-state index in [0.29, 0.717) is 0 Å². The molecular weight excluding hydrogens is 319 g/mol. The van der Waals surface area contributed by atoms with Gasteiger partial charge in [-0.2, -0.15) is 0 Å². The van der Waals surface area contributed by atoms with Crippen LogP contribution < -0.4 is 16.3 Å². The van der Waals surface area contributed by atoms with E-state index in [1.165, 1.54) is 12.1 Å². The molecule has 0 aliphatic carbocycles. The zero-order chi connectivity index (χ0) is 17.6. The maximum absolute atomic E-state index is 14.7. The molecule has 0 spiro atoms. The molecule has 0 bridgehead atoms. The van der Waals surface area contributed by atoms with Crippen LogP contribution in [0.25, 0.3) is 11.1 Å². The first-order valence-corrected chi connectivity index (χ1v) is 7.38. The Labute approximate surface area is 136 Å². The second kappa shape index (κ2) is 5.66. The Morgan fingerprint density at radius 2 is 2.17 bits per heavy atom. The molecule has 2 N–H and O–H groups in total. The van der Waals surface area contributed by atoms with Gasteiger partial charge in [0.25, 0.3) is 11.6 Å². The summed E-state index contributed by atoms with van der Waals surface area (Å²) in [7, 11) is 1.55. The van der Waals surface area contributed by atoms with Gasteiger partial charge >= 0.3 is 6.09 Å². The molecule has 1 fully saturated rings. The van der Waals surface area contributed by atoms with E-state index in [-0.39, 0.29) is 35.1 Å². The number of hydrogen-bond donors (Lipinski definition) is 1. The molecule has 24 heavy (non-hydrogen) atoms. The first kappa shape index (κ1) is 16.0. The SMILES string of the molecule is C/N=c1/oc2cc(N3C[C@H](C(N)=O)OC3=O)cc(F)c2n1C(C)C. The average Bonchev–Trinajstić information content (AvgIpc) is 3.07. The number of hydrogen-bond acceptors (Lipinski definition) is 5. The maximum atomic E-state index is 14.7. The van der Waals surface area contributed by atoms with Crippen LogP contribution in [0.5, 0.6) is 0 Å². The summed E-state index contributed by atoms with van der Waals surface area (Å²) >= 11 is 0. The van der Waals surface area contributed by atoms with Crippen LogP contribution in [0.2, 0.25) is 0 Å². The Kier molecular flexibility index (Phi) is 3.78. The lowest BCUT2D eigenvalue weighted by molar-refractivity contribution is -0.124. The van der Waals surface area contributed by atoms with E-state index in [2.05, 4.69) is 4.99 Å². The van der Waals surface area contributed by atoms with Crippen molar-refractivity contribution < 1.29 is 23.1 Å². The average molecular weight is 336 g/mol. The highest BCUT2D eigenvalue weighted by Crippen LogP contribution is 2.29. The van der Waals surface area contributed by atoms with Crippen LogP contribution in [0.15, 0.2) is 21.5 Å². The first-order chi connectivity index (χ1) is 11.3. The minimum Gasteiger partial charge on any atom is -0.434 e. The number of ether oxygens (including phenoxy) is 1. The van der Waals surface area contributed by atoms with E-state index >= 15 is 0 Å². The van der Waals surface area contributed by atoms with E-state index in [4.69, 9.17) is 14.9 Å². The number of rotatable bonds is 3. The summed E-state index contributed by atoms with van der Waals surface area (Å²) in [6.45, 7) is 3.69. The third kappa shape index (κ3) is 2.41. The molecule has 1 aromatic carbocycles. The van der Waals surface area contributed by atoms with Crippen molar-refractivity contribution in [1.82, 2.24) is 4.57 Å². The van der Waals surface area contributed by atoms with Gasteiger partial charge in [0.1, 0.15) is 5.52 Å². The Morgan fingerprint density at radius 3 is 2.71 bits per heavy atom. The number of aromatic nitrogens is 1. The van der Waals surface area contributed by atoms with E-state index < -0.39 is 23.9 Å². The lowest BCUT2D eigenvalue weighted by Gasteiger charge is -2.13. The Morgan fingerprint density at radius 1 is 1.46 bits per heavy atom. The number of cyclic esters (lactones) is 1. The van der Waals surface area contributed by atoms with Crippen LogP contribution in [0, 0.1) is 5.82 Å². The van der Waals surface area contributed by atoms with Crippen molar-refractivity contribution in [1.29, 1.82) is 0 Å². The van der Waals surface area contributed by atoms with E-state index in [0.717, 1.165) is 4.90 Å². The van der Waals surface area contributed by atoms with Crippen molar-refractivity contribution in [3.63, 3.8) is 0 Å². The smallest absolute Gasteiger partial charge is 0.415 e.